The van der Waals surface area contributed by atoms with Gasteiger partial charge in [0.15, 0.2) is 0 Å². The zero-order valence-corrected chi connectivity index (χ0v) is 15.5. The van der Waals surface area contributed by atoms with Crippen LogP contribution in [0.1, 0.15) is 59.3 Å². The summed E-state index contributed by atoms with van der Waals surface area (Å²) in [6, 6.07) is 2.36. The van der Waals surface area contributed by atoms with Gasteiger partial charge < -0.3 is 10.1 Å². The normalized spacial score (nSPS) is 33.0. The van der Waals surface area contributed by atoms with E-state index in [4.69, 9.17) is 4.74 Å². The van der Waals surface area contributed by atoms with Gasteiger partial charge in [-0.3, -0.25) is 9.80 Å². The topological polar surface area (TPSA) is 27.7 Å². The van der Waals surface area contributed by atoms with Crippen molar-refractivity contribution in [2.75, 3.05) is 39.4 Å². The zero-order valence-electron chi connectivity index (χ0n) is 15.5. The maximum Gasteiger partial charge on any atom is 0.0480 e. The van der Waals surface area contributed by atoms with Crippen molar-refractivity contribution >= 4 is 0 Å². The second kappa shape index (κ2) is 7.81. The molecule has 0 atom stereocenters. The van der Waals surface area contributed by atoms with Crippen molar-refractivity contribution in [3.05, 3.63) is 0 Å². The molecule has 0 bridgehead atoms. The Kier molecular flexibility index (Phi) is 6.00. The summed E-state index contributed by atoms with van der Waals surface area (Å²) in [4.78, 5) is 5.51. The average Bonchev–Trinajstić information content (AvgIpc) is 2.55. The summed E-state index contributed by atoms with van der Waals surface area (Å²) in [5.41, 5.74) is 0.257. The van der Waals surface area contributed by atoms with E-state index >= 15 is 0 Å². The van der Waals surface area contributed by atoms with Crippen LogP contribution in [-0.4, -0.2) is 72.9 Å². The van der Waals surface area contributed by atoms with E-state index in [1.165, 1.54) is 64.7 Å². The van der Waals surface area contributed by atoms with Crippen LogP contribution in [-0.2, 0) is 4.74 Å². The Morgan fingerprint density at radius 3 is 1.70 bits per heavy atom. The van der Waals surface area contributed by atoms with Crippen molar-refractivity contribution in [3.8, 4) is 0 Å². The minimum atomic E-state index is 0.257. The van der Waals surface area contributed by atoms with E-state index in [-0.39, 0.29) is 5.54 Å². The molecule has 134 valence electrons. The van der Waals surface area contributed by atoms with Crippen LogP contribution in [0.5, 0.6) is 0 Å². The molecule has 0 spiro atoms. The Labute approximate surface area is 142 Å². The van der Waals surface area contributed by atoms with Gasteiger partial charge in [0.25, 0.3) is 0 Å². The molecule has 3 fully saturated rings. The molecule has 0 radical (unpaired) electrons. The second-order valence-electron chi connectivity index (χ2n) is 8.82. The summed E-state index contributed by atoms with van der Waals surface area (Å²) in [6.45, 7) is 13.9. The van der Waals surface area contributed by atoms with Crippen molar-refractivity contribution < 1.29 is 4.74 Å². The Morgan fingerprint density at radius 1 is 0.739 bits per heavy atom. The molecule has 0 amide bonds. The maximum atomic E-state index is 5.51. The molecule has 3 rings (SSSR count). The Hall–Kier alpha value is -0.160. The van der Waals surface area contributed by atoms with Crippen LogP contribution >= 0.6 is 0 Å². The van der Waals surface area contributed by atoms with Crippen LogP contribution in [0.15, 0.2) is 0 Å². The van der Waals surface area contributed by atoms with Crippen LogP contribution in [0.3, 0.4) is 0 Å². The maximum absolute atomic E-state index is 5.51. The molecule has 3 aliphatic rings. The van der Waals surface area contributed by atoms with Gasteiger partial charge in [0.2, 0.25) is 0 Å². The summed E-state index contributed by atoms with van der Waals surface area (Å²) in [7, 11) is 0. The van der Waals surface area contributed by atoms with E-state index in [0.717, 1.165) is 31.3 Å². The molecule has 23 heavy (non-hydrogen) atoms. The van der Waals surface area contributed by atoms with Crippen LogP contribution in [0.2, 0.25) is 0 Å². The fraction of sp³-hybridized carbons (Fsp3) is 1.00. The van der Waals surface area contributed by atoms with Gasteiger partial charge in [-0.05, 0) is 59.3 Å². The molecule has 4 heteroatoms. The van der Waals surface area contributed by atoms with Crippen molar-refractivity contribution in [1.82, 2.24) is 15.1 Å². The van der Waals surface area contributed by atoms with E-state index in [1.807, 2.05) is 0 Å². The van der Waals surface area contributed by atoms with Gasteiger partial charge in [0, 0.05) is 63.1 Å². The highest BCUT2D eigenvalue weighted by Gasteiger charge is 2.31. The minimum Gasteiger partial charge on any atom is -0.381 e. The Balaban J connectivity index is 1.39. The van der Waals surface area contributed by atoms with Gasteiger partial charge in [0.05, 0.1) is 0 Å². The lowest BCUT2D eigenvalue weighted by Crippen LogP contribution is -2.55. The van der Waals surface area contributed by atoms with Gasteiger partial charge in [-0.25, -0.2) is 0 Å². The Morgan fingerprint density at radius 2 is 1.22 bits per heavy atom. The van der Waals surface area contributed by atoms with Gasteiger partial charge in [-0.15, -0.1) is 0 Å². The molecule has 0 aromatic carbocycles. The molecular weight excluding hydrogens is 286 g/mol. The van der Waals surface area contributed by atoms with Gasteiger partial charge in [-0.1, -0.05) is 0 Å². The molecule has 4 nitrogen and oxygen atoms in total. The van der Waals surface area contributed by atoms with Gasteiger partial charge in [-0.2, -0.15) is 0 Å². The summed E-state index contributed by atoms with van der Waals surface area (Å²) in [5, 5.41) is 3.79. The number of hydrogen-bond acceptors (Lipinski definition) is 4. The SMILES string of the molecule is CC(C)(C)N[C@H]1CC[C@H](N2CCN(C3CCOCC3)CC2)CC1. The first-order valence-electron chi connectivity index (χ1n) is 9.85. The molecular formula is C19H37N3O. The third kappa shape index (κ3) is 5.15. The van der Waals surface area contributed by atoms with Crippen molar-refractivity contribution in [2.45, 2.75) is 83.0 Å². The van der Waals surface area contributed by atoms with E-state index in [2.05, 4.69) is 35.9 Å². The molecule has 0 aromatic rings. The van der Waals surface area contributed by atoms with E-state index in [0.29, 0.717) is 0 Å². The fourth-order valence-corrected chi connectivity index (χ4v) is 4.72. The number of nitrogens with zero attached hydrogens (tertiary/aromatic N) is 2. The number of rotatable bonds is 3. The molecule has 2 saturated heterocycles. The smallest absolute Gasteiger partial charge is 0.0480 e. The van der Waals surface area contributed by atoms with Crippen molar-refractivity contribution in [1.29, 1.82) is 0 Å². The highest BCUT2D eigenvalue weighted by atomic mass is 16.5. The number of hydrogen-bond donors (Lipinski definition) is 1. The summed E-state index contributed by atoms with van der Waals surface area (Å²) < 4.78 is 5.51. The van der Waals surface area contributed by atoms with Crippen molar-refractivity contribution in [2.24, 2.45) is 0 Å². The minimum absolute atomic E-state index is 0.257. The molecule has 2 heterocycles. The van der Waals surface area contributed by atoms with E-state index in [9.17, 15) is 0 Å². The van der Waals surface area contributed by atoms with Crippen LogP contribution < -0.4 is 5.32 Å². The summed E-state index contributed by atoms with van der Waals surface area (Å²) in [6.07, 6.45) is 7.94. The highest BCUT2D eigenvalue weighted by Crippen LogP contribution is 2.26. The van der Waals surface area contributed by atoms with Gasteiger partial charge in [0.1, 0.15) is 0 Å². The van der Waals surface area contributed by atoms with Crippen LogP contribution in [0.4, 0.5) is 0 Å². The highest BCUT2D eigenvalue weighted by molar-refractivity contribution is 4.89. The van der Waals surface area contributed by atoms with E-state index in [1.54, 1.807) is 0 Å². The van der Waals surface area contributed by atoms with Crippen LogP contribution in [0, 0.1) is 0 Å². The Bertz CT molecular complexity index is 346. The largest absolute Gasteiger partial charge is 0.381 e. The molecule has 1 saturated carbocycles. The number of nitrogens with one attached hydrogen (secondary N) is 1. The lowest BCUT2D eigenvalue weighted by molar-refractivity contribution is 0.00178. The molecule has 1 aliphatic carbocycles. The lowest BCUT2D eigenvalue weighted by Gasteiger charge is -2.45. The zero-order chi connectivity index (χ0) is 16.3. The summed E-state index contributed by atoms with van der Waals surface area (Å²) in [5.74, 6) is 0. The predicted molar refractivity (Wildman–Crippen MR) is 95.9 cm³/mol. The van der Waals surface area contributed by atoms with Crippen molar-refractivity contribution in [3.63, 3.8) is 0 Å². The standard InChI is InChI=1S/C19H37N3O/c1-19(2,3)20-16-4-6-17(7-5-16)21-10-12-22(13-11-21)18-8-14-23-15-9-18/h16-18,20H,4-15H2,1-3H3/t16-,17-. The lowest BCUT2D eigenvalue weighted by atomic mass is 9.88. The second-order valence-corrected chi connectivity index (χ2v) is 8.82. The first-order valence-corrected chi connectivity index (χ1v) is 9.85. The average molecular weight is 324 g/mol. The first kappa shape index (κ1) is 17.7. The molecule has 1 N–H and O–H groups in total. The third-order valence-corrected chi connectivity index (χ3v) is 5.91. The predicted octanol–water partition coefficient (Wildman–Crippen LogP) is 2.48. The quantitative estimate of drug-likeness (QED) is 0.863. The monoisotopic (exact) mass is 323 g/mol. The molecule has 0 aromatic heterocycles. The van der Waals surface area contributed by atoms with Crippen LogP contribution in [0.25, 0.3) is 0 Å². The molecule has 0 unspecified atom stereocenters. The fourth-order valence-electron chi connectivity index (χ4n) is 4.72. The summed E-state index contributed by atoms with van der Waals surface area (Å²) >= 11 is 0. The van der Waals surface area contributed by atoms with E-state index < -0.39 is 0 Å². The molecule has 2 aliphatic heterocycles. The first-order chi connectivity index (χ1) is 11.0. The number of piperazine rings is 1. The van der Waals surface area contributed by atoms with Gasteiger partial charge >= 0.3 is 0 Å². The third-order valence-electron chi connectivity index (χ3n) is 5.91. The number of ether oxygens (including phenoxy) is 1.